The van der Waals surface area contributed by atoms with E-state index < -0.39 is 8.07 Å². The average molecular weight is 386 g/mol. The minimum Gasteiger partial charge on any atom is -0.268 e. The number of imide groups is 1. The number of nitrogens with zero attached hydrogens (tertiary/aromatic N) is 1. The van der Waals surface area contributed by atoms with Crippen LogP contribution in [-0.4, -0.2) is 24.8 Å². The minimum atomic E-state index is -1.50. The molecule has 2 amide bonds. The van der Waals surface area contributed by atoms with E-state index in [1.54, 1.807) is 12.1 Å². The largest absolute Gasteiger partial charge is 0.268 e. The topological polar surface area (TPSA) is 37.4 Å². The van der Waals surface area contributed by atoms with Crippen LogP contribution in [0.2, 0.25) is 19.6 Å². The van der Waals surface area contributed by atoms with Crippen molar-refractivity contribution in [3.63, 3.8) is 0 Å². The van der Waals surface area contributed by atoms with Crippen molar-refractivity contribution in [3.05, 3.63) is 82.6 Å². The fraction of sp³-hybridized carbons (Fsp3) is 0.250. The second-order valence-corrected chi connectivity index (χ2v) is 13.2. The zero-order valence-electron chi connectivity index (χ0n) is 16.5. The molecule has 3 nitrogen and oxygen atoms in total. The lowest BCUT2D eigenvalue weighted by Gasteiger charge is -2.32. The number of carbonyl (C=O) groups is 2. The fourth-order valence-corrected chi connectivity index (χ4v) is 4.08. The standard InChI is InChI=1S/C24H23NO2Si/c1-28(2,3)14-13-18-9-11-20-21(16-18)24(27)25(23(20)26)22-12-10-19(22)15-17-7-5-4-6-8-17/h4-9,11-12,16,19H,10,15H2,1-3H3. The van der Waals surface area contributed by atoms with E-state index in [-0.39, 0.29) is 17.7 Å². The van der Waals surface area contributed by atoms with Crippen molar-refractivity contribution < 1.29 is 9.59 Å². The van der Waals surface area contributed by atoms with Crippen LogP contribution in [0.3, 0.4) is 0 Å². The van der Waals surface area contributed by atoms with E-state index in [0.29, 0.717) is 11.1 Å². The summed E-state index contributed by atoms with van der Waals surface area (Å²) >= 11 is 0. The van der Waals surface area contributed by atoms with E-state index in [0.717, 1.165) is 24.1 Å². The van der Waals surface area contributed by atoms with E-state index in [4.69, 9.17) is 0 Å². The normalized spacial score (nSPS) is 18.2. The summed E-state index contributed by atoms with van der Waals surface area (Å²) in [6, 6.07) is 15.6. The third-order valence-electron chi connectivity index (χ3n) is 5.08. The first-order valence-corrected chi connectivity index (χ1v) is 13.1. The Hall–Kier alpha value is -2.90. The highest BCUT2D eigenvalue weighted by Crippen LogP contribution is 2.38. The Kier molecular flexibility index (Phi) is 4.56. The molecule has 1 aliphatic heterocycles. The lowest BCUT2D eigenvalue weighted by Crippen LogP contribution is -2.36. The van der Waals surface area contributed by atoms with Crippen molar-refractivity contribution in [2.45, 2.75) is 32.5 Å². The summed E-state index contributed by atoms with van der Waals surface area (Å²) in [5.74, 6) is 2.95. The predicted octanol–water partition coefficient (Wildman–Crippen LogP) is 4.66. The lowest BCUT2D eigenvalue weighted by atomic mass is 9.84. The maximum absolute atomic E-state index is 13.0. The molecule has 1 aliphatic carbocycles. The van der Waals surface area contributed by atoms with Gasteiger partial charge in [0.1, 0.15) is 8.07 Å². The Bertz CT molecular complexity index is 1050. The molecule has 1 atom stereocenters. The molecular formula is C24H23NO2Si. The fourth-order valence-electron chi connectivity index (χ4n) is 3.56. The summed E-state index contributed by atoms with van der Waals surface area (Å²) < 4.78 is 0. The van der Waals surface area contributed by atoms with Gasteiger partial charge in [-0.2, -0.15) is 0 Å². The molecule has 28 heavy (non-hydrogen) atoms. The summed E-state index contributed by atoms with van der Waals surface area (Å²) in [7, 11) is -1.50. The number of carbonyl (C=O) groups excluding carboxylic acids is 2. The number of hydrogen-bond acceptors (Lipinski definition) is 2. The van der Waals surface area contributed by atoms with E-state index >= 15 is 0 Å². The highest BCUT2D eigenvalue weighted by atomic mass is 28.3. The first-order valence-electron chi connectivity index (χ1n) is 9.63. The molecule has 140 valence electrons. The highest BCUT2D eigenvalue weighted by Gasteiger charge is 2.41. The summed E-state index contributed by atoms with van der Waals surface area (Å²) in [5.41, 5.74) is 7.12. The zero-order valence-corrected chi connectivity index (χ0v) is 17.5. The Labute approximate surface area is 167 Å². The molecule has 0 radical (unpaired) electrons. The second-order valence-electron chi connectivity index (χ2n) is 8.46. The molecule has 0 bridgehead atoms. The minimum absolute atomic E-state index is 0.204. The van der Waals surface area contributed by atoms with Gasteiger partial charge in [0.2, 0.25) is 0 Å². The predicted molar refractivity (Wildman–Crippen MR) is 114 cm³/mol. The zero-order chi connectivity index (χ0) is 19.9. The number of hydrogen-bond donors (Lipinski definition) is 0. The summed E-state index contributed by atoms with van der Waals surface area (Å²) in [5, 5.41) is 0. The maximum atomic E-state index is 13.0. The van der Waals surface area contributed by atoms with Gasteiger partial charge in [0, 0.05) is 17.2 Å². The first kappa shape index (κ1) is 18.5. The van der Waals surface area contributed by atoms with Crippen molar-refractivity contribution >= 4 is 19.9 Å². The van der Waals surface area contributed by atoms with E-state index in [2.05, 4.69) is 43.2 Å². The Morgan fingerprint density at radius 1 is 1.00 bits per heavy atom. The van der Waals surface area contributed by atoms with Gasteiger partial charge in [-0.25, -0.2) is 4.90 Å². The third-order valence-corrected chi connectivity index (χ3v) is 5.96. The number of fused-ring (bicyclic) bond motifs is 1. The Morgan fingerprint density at radius 2 is 1.71 bits per heavy atom. The monoisotopic (exact) mass is 385 g/mol. The molecule has 2 aromatic rings. The smallest absolute Gasteiger partial charge is 0.265 e. The van der Waals surface area contributed by atoms with Crippen LogP contribution in [-0.2, 0) is 6.42 Å². The first-order chi connectivity index (χ1) is 13.3. The van der Waals surface area contributed by atoms with Gasteiger partial charge in [-0.3, -0.25) is 9.59 Å². The molecule has 0 spiro atoms. The quantitative estimate of drug-likeness (QED) is 0.438. The van der Waals surface area contributed by atoms with Crippen LogP contribution in [0.15, 0.2) is 60.3 Å². The molecule has 4 heteroatoms. The molecule has 0 saturated heterocycles. The van der Waals surface area contributed by atoms with Gasteiger partial charge in [-0.1, -0.05) is 62.0 Å². The van der Waals surface area contributed by atoms with Crippen molar-refractivity contribution in [1.29, 1.82) is 0 Å². The van der Waals surface area contributed by atoms with Gasteiger partial charge in [-0.05, 0) is 36.6 Å². The SMILES string of the molecule is C[Si](C)(C)C#Cc1ccc2c(c1)C(=O)N(C1=CCC1Cc1ccccc1)C2=O. The van der Waals surface area contributed by atoms with Gasteiger partial charge in [-0.15, -0.1) is 5.54 Å². The number of benzene rings is 2. The number of rotatable bonds is 3. The molecule has 2 aliphatic rings. The number of amides is 2. The van der Waals surface area contributed by atoms with E-state index in [9.17, 15) is 9.59 Å². The van der Waals surface area contributed by atoms with Crippen LogP contribution in [0, 0.1) is 17.4 Å². The average Bonchev–Trinajstić information content (AvgIpc) is 2.89. The van der Waals surface area contributed by atoms with E-state index in [1.165, 1.54) is 10.5 Å². The van der Waals surface area contributed by atoms with Crippen LogP contribution in [0.4, 0.5) is 0 Å². The highest BCUT2D eigenvalue weighted by molar-refractivity contribution is 6.83. The van der Waals surface area contributed by atoms with Crippen molar-refractivity contribution in [1.82, 2.24) is 4.90 Å². The van der Waals surface area contributed by atoms with Gasteiger partial charge < -0.3 is 0 Å². The molecule has 0 saturated carbocycles. The van der Waals surface area contributed by atoms with Crippen LogP contribution >= 0.6 is 0 Å². The van der Waals surface area contributed by atoms with Gasteiger partial charge >= 0.3 is 0 Å². The summed E-state index contributed by atoms with van der Waals surface area (Å²) in [4.78, 5) is 27.3. The molecule has 0 aromatic heterocycles. The molecular weight excluding hydrogens is 362 g/mol. The summed E-state index contributed by atoms with van der Waals surface area (Å²) in [6.07, 6.45) is 3.73. The van der Waals surface area contributed by atoms with Crippen molar-refractivity contribution in [2.24, 2.45) is 5.92 Å². The van der Waals surface area contributed by atoms with Gasteiger partial charge in [0.25, 0.3) is 11.8 Å². The van der Waals surface area contributed by atoms with Crippen LogP contribution in [0.5, 0.6) is 0 Å². The molecule has 2 aromatic carbocycles. The molecule has 1 unspecified atom stereocenters. The Balaban J connectivity index is 1.58. The maximum Gasteiger partial charge on any atom is 0.265 e. The van der Waals surface area contributed by atoms with Crippen LogP contribution in [0.1, 0.15) is 38.3 Å². The molecule has 1 heterocycles. The second kappa shape index (κ2) is 6.92. The third kappa shape index (κ3) is 3.46. The summed E-state index contributed by atoms with van der Waals surface area (Å²) in [6.45, 7) is 6.54. The Morgan fingerprint density at radius 3 is 2.36 bits per heavy atom. The lowest BCUT2D eigenvalue weighted by molar-refractivity contribution is 0.0677. The van der Waals surface area contributed by atoms with Gasteiger partial charge in [0.05, 0.1) is 11.1 Å². The molecule has 0 fully saturated rings. The van der Waals surface area contributed by atoms with Crippen molar-refractivity contribution in [3.8, 4) is 11.5 Å². The number of allylic oxidation sites excluding steroid dienone is 2. The van der Waals surface area contributed by atoms with Gasteiger partial charge in [0.15, 0.2) is 0 Å². The van der Waals surface area contributed by atoms with E-state index in [1.807, 2.05) is 30.3 Å². The molecule has 4 rings (SSSR count). The molecule has 0 N–H and O–H groups in total. The van der Waals surface area contributed by atoms with Crippen LogP contribution < -0.4 is 0 Å². The van der Waals surface area contributed by atoms with Crippen LogP contribution in [0.25, 0.3) is 0 Å². The van der Waals surface area contributed by atoms with Crippen molar-refractivity contribution in [2.75, 3.05) is 0 Å².